The van der Waals surface area contributed by atoms with Gasteiger partial charge in [0.25, 0.3) is 0 Å². The van der Waals surface area contributed by atoms with Crippen molar-refractivity contribution in [1.29, 1.82) is 0 Å². The molecule has 0 spiro atoms. The van der Waals surface area contributed by atoms with Crippen molar-refractivity contribution in [1.82, 2.24) is 19.9 Å². The van der Waals surface area contributed by atoms with E-state index in [0.29, 0.717) is 15.5 Å². The summed E-state index contributed by atoms with van der Waals surface area (Å²) in [5.41, 5.74) is 7.20. The van der Waals surface area contributed by atoms with E-state index in [1.165, 1.54) is 5.69 Å². The van der Waals surface area contributed by atoms with E-state index in [1.54, 1.807) is 12.4 Å². The van der Waals surface area contributed by atoms with E-state index in [-0.39, 0.29) is 11.2 Å². The zero-order valence-corrected chi connectivity index (χ0v) is 37.4. The second kappa shape index (κ2) is 18.4. The van der Waals surface area contributed by atoms with Crippen molar-refractivity contribution in [3.05, 3.63) is 87.2 Å². The van der Waals surface area contributed by atoms with Crippen LogP contribution in [-0.4, -0.2) is 107 Å². The topological polar surface area (TPSA) is 92.2 Å². The number of rotatable bonds is 6. The van der Waals surface area contributed by atoms with E-state index in [9.17, 15) is 0 Å². The Kier molecular flexibility index (Phi) is 14.4. The summed E-state index contributed by atoms with van der Waals surface area (Å²) in [6, 6.07) is 14.4. The summed E-state index contributed by atoms with van der Waals surface area (Å²) in [5, 5.41) is 2.66. The number of pyridine rings is 4. The Morgan fingerprint density at radius 1 is 0.661 bits per heavy atom. The van der Waals surface area contributed by atoms with Crippen LogP contribution in [0.5, 0.6) is 0 Å². The normalized spacial score (nSPS) is 15.8. The number of nitrogens with zero attached hydrogens (tertiary/aromatic N) is 8. The molecule has 2 fully saturated rings. The van der Waals surface area contributed by atoms with E-state index >= 15 is 0 Å². The highest BCUT2D eigenvalue weighted by Crippen LogP contribution is 2.37. The minimum absolute atomic E-state index is 0.352. The van der Waals surface area contributed by atoms with Gasteiger partial charge in [0, 0.05) is 107 Å². The Morgan fingerprint density at radius 3 is 1.77 bits per heavy atom. The van der Waals surface area contributed by atoms with Gasteiger partial charge in [-0.05, 0) is 85.6 Å². The molecule has 5 aromatic rings. The van der Waals surface area contributed by atoms with Crippen molar-refractivity contribution in [3.63, 3.8) is 0 Å². The smallest absolute Gasteiger partial charge is 0.399 e. The van der Waals surface area contributed by atoms with Crippen LogP contribution >= 0.6 is 50.7 Å². The number of ether oxygens (including phenoxy) is 1. The van der Waals surface area contributed by atoms with Crippen LogP contribution in [0.25, 0.3) is 22.0 Å². The Morgan fingerprint density at radius 2 is 1.20 bits per heavy atom. The number of halogens is 4. The lowest BCUT2D eigenvalue weighted by Gasteiger charge is -2.32. The fourth-order valence-corrected chi connectivity index (χ4v) is 7.03. The van der Waals surface area contributed by atoms with Crippen molar-refractivity contribution < 1.29 is 14.0 Å². The molecule has 0 saturated carbocycles. The number of morpholine rings is 1. The van der Waals surface area contributed by atoms with Crippen LogP contribution < -0.4 is 25.1 Å². The average Bonchev–Trinajstić information content (AvgIpc) is 3.38. The third-order valence-corrected chi connectivity index (χ3v) is 11.1. The van der Waals surface area contributed by atoms with E-state index < -0.39 is 7.12 Å². The predicted molar refractivity (Wildman–Crippen MR) is 238 cm³/mol. The summed E-state index contributed by atoms with van der Waals surface area (Å²) >= 11 is 21.4. The van der Waals surface area contributed by atoms with Crippen LogP contribution in [0.2, 0.25) is 15.5 Å². The first kappa shape index (κ1) is 43.7. The van der Waals surface area contributed by atoms with Gasteiger partial charge in [-0.25, -0.2) is 15.0 Å². The highest BCUT2D eigenvalue weighted by atomic mass is 79.9. The number of benzene rings is 1. The van der Waals surface area contributed by atoms with Crippen LogP contribution in [0.1, 0.15) is 27.7 Å². The van der Waals surface area contributed by atoms with Gasteiger partial charge in [-0.3, -0.25) is 4.98 Å². The van der Waals surface area contributed by atoms with Crippen LogP contribution in [0, 0.1) is 0 Å². The third kappa shape index (κ3) is 10.4. The lowest BCUT2D eigenvalue weighted by molar-refractivity contribution is 0.00578. The predicted octanol–water partition coefficient (Wildman–Crippen LogP) is 8.52. The third-order valence-electron chi connectivity index (χ3n) is 9.82. The standard InChI is InChI=1S/C20H21ClN4O.C13H20BClN2O2.C7H8BrClN2/c1-24(2)19-12-15(13-23-20(19)21)14-3-4-17-16(11-14)18(5-6-22-17)25-7-9-26-10-8-25;1-12(2)13(3,4)19-14(18-12)9-7-10(17(5)6)11(15)16-8-9;1-11(2)6-3-5(8)4-10-7(6)9/h3-6,11-13H,7-10H2,1-2H3;7-8H,1-6H3;3-4H,1-2H3. The molecule has 11 nitrogen and oxygen atoms in total. The molecule has 0 radical (unpaired) electrons. The molecule has 0 bridgehead atoms. The minimum Gasteiger partial charge on any atom is -0.399 e. The Balaban J connectivity index is 0.000000175. The zero-order chi connectivity index (χ0) is 40.9. The SMILES string of the molecule is CN(C)c1cc(-c2ccc3nccc(N4CCOCC4)c3c2)cnc1Cl.CN(C)c1cc(B2OC(C)(C)C(C)(C)O2)cnc1Cl.CN(C)c1cc(Br)cnc1Cl. The molecule has 2 aliphatic rings. The van der Waals surface area contributed by atoms with Gasteiger partial charge in [0.15, 0.2) is 15.5 Å². The van der Waals surface area contributed by atoms with Gasteiger partial charge in [0.05, 0.1) is 47.0 Å². The Bertz CT molecular complexity index is 2120. The molecule has 2 saturated heterocycles. The average molecular weight is 887 g/mol. The number of fused-ring (bicyclic) bond motifs is 1. The van der Waals surface area contributed by atoms with Crippen LogP contribution in [0.15, 0.2) is 71.7 Å². The monoisotopic (exact) mass is 884 g/mol. The maximum Gasteiger partial charge on any atom is 0.496 e. The van der Waals surface area contributed by atoms with Gasteiger partial charge >= 0.3 is 7.12 Å². The second-order valence-electron chi connectivity index (χ2n) is 15.0. The number of hydrogen-bond donors (Lipinski definition) is 0. The molecule has 0 atom stereocenters. The summed E-state index contributed by atoms with van der Waals surface area (Å²) in [5.74, 6) is 0. The van der Waals surface area contributed by atoms with E-state index in [1.807, 2.05) is 109 Å². The molecule has 2 aliphatic heterocycles. The van der Waals surface area contributed by atoms with Gasteiger partial charge in [-0.15, -0.1) is 0 Å². The molecule has 16 heteroatoms. The maximum absolute atomic E-state index is 6.22. The molecule has 6 heterocycles. The number of aromatic nitrogens is 4. The van der Waals surface area contributed by atoms with Crippen molar-refractivity contribution >= 4 is 97.0 Å². The molecule has 4 aromatic heterocycles. The Labute approximate surface area is 354 Å². The molecule has 0 amide bonds. The molecule has 1 aromatic carbocycles. The Hall–Kier alpha value is -3.43. The molecule has 0 N–H and O–H groups in total. The van der Waals surface area contributed by atoms with Gasteiger partial charge in [-0.1, -0.05) is 40.9 Å². The molecular weight excluding hydrogens is 838 g/mol. The lowest BCUT2D eigenvalue weighted by Crippen LogP contribution is -2.41. The first-order valence-corrected chi connectivity index (χ1v) is 20.0. The largest absolute Gasteiger partial charge is 0.496 e. The first-order chi connectivity index (χ1) is 26.4. The van der Waals surface area contributed by atoms with Gasteiger partial charge in [-0.2, -0.15) is 0 Å². The highest BCUT2D eigenvalue weighted by Gasteiger charge is 2.52. The fraction of sp³-hybridized carbons (Fsp3) is 0.400. The van der Waals surface area contributed by atoms with E-state index in [0.717, 1.165) is 75.3 Å². The minimum atomic E-state index is -0.409. The molecule has 298 valence electrons. The van der Waals surface area contributed by atoms with Crippen LogP contribution in [0.4, 0.5) is 22.7 Å². The lowest BCUT2D eigenvalue weighted by atomic mass is 9.80. The first-order valence-electron chi connectivity index (χ1n) is 18.1. The number of hydrogen-bond acceptors (Lipinski definition) is 11. The molecule has 56 heavy (non-hydrogen) atoms. The molecule has 7 rings (SSSR count). The van der Waals surface area contributed by atoms with Gasteiger partial charge < -0.3 is 33.6 Å². The molecule has 0 unspecified atom stereocenters. The van der Waals surface area contributed by atoms with Crippen molar-refractivity contribution in [3.8, 4) is 11.1 Å². The summed E-state index contributed by atoms with van der Waals surface area (Å²) in [6.07, 6.45) is 7.08. The zero-order valence-electron chi connectivity index (χ0n) is 33.6. The molecule has 0 aliphatic carbocycles. The van der Waals surface area contributed by atoms with Crippen molar-refractivity contribution in [2.75, 3.05) is 88.2 Å². The van der Waals surface area contributed by atoms with Gasteiger partial charge in [0.2, 0.25) is 0 Å². The second-order valence-corrected chi connectivity index (χ2v) is 17.0. The van der Waals surface area contributed by atoms with Crippen molar-refractivity contribution in [2.45, 2.75) is 38.9 Å². The summed E-state index contributed by atoms with van der Waals surface area (Å²) in [4.78, 5) is 25.2. The van der Waals surface area contributed by atoms with E-state index in [2.05, 4.69) is 71.1 Å². The van der Waals surface area contributed by atoms with E-state index in [4.69, 9.17) is 48.8 Å². The highest BCUT2D eigenvalue weighted by molar-refractivity contribution is 9.10. The summed E-state index contributed by atoms with van der Waals surface area (Å²) < 4.78 is 18.4. The van der Waals surface area contributed by atoms with Gasteiger partial charge in [0.1, 0.15) is 0 Å². The summed E-state index contributed by atoms with van der Waals surface area (Å²) in [6.45, 7) is 11.4. The van der Waals surface area contributed by atoms with Crippen LogP contribution in [0.3, 0.4) is 0 Å². The van der Waals surface area contributed by atoms with Crippen molar-refractivity contribution in [2.24, 2.45) is 0 Å². The fourth-order valence-electron chi connectivity index (χ4n) is 5.90. The number of anilines is 4. The van der Waals surface area contributed by atoms with Crippen LogP contribution in [-0.2, 0) is 14.0 Å². The quantitative estimate of drug-likeness (QED) is 0.122. The molecular formula is C40H49BBrCl3N8O3. The summed E-state index contributed by atoms with van der Waals surface area (Å²) in [7, 11) is 11.2. The maximum atomic E-state index is 6.22.